The maximum Gasteiger partial charge on any atom is 0.241 e. The van der Waals surface area contributed by atoms with Gasteiger partial charge in [-0.15, -0.1) is 0 Å². The highest BCUT2D eigenvalue weighted by molar-refractivity contribution is 5.94. The predicted molar refractivity (Wildman–Crippen MR) is 75.5 cm³/mol. The average Bonchev–Trinajstić information content (AvgIpc) is 2.49. The molecule has 1 aromatic carbocycles. The van der Waals surface area contributed by atoms with Crippen LogP contribution in [-0.4, -0.2) is 50.1 Å². The molecule has 1 atom stereocenters. The Bertz CT molecular complexity index is 475. The molecule has 0 spiro atoms. The summed E-state index contributed by atoms with van der Waals surface area (Å²) in [6, 6.07) is 3.99. The molecule has 1 aliphatic heterocycles. The van der Waals surface area contributed by atoms with Gasteiger partial charge in [0.1, 0.15) is 11.6 Å². The number of hydrogen-bond acceptors (Lipinski definition) is 4. The van der Waals surface area contributed by atoms with E-state index in [0.717, 1.165) is 26.2 Å². The number of methoxy groups -OCH3 is 1. The van der Waals surface area contributed by atoms with Crippen LogP contribution in [0.25, 0.3) is 0 Å². The number of halogens is 1. The van der Waals surface area contributed by atoms with Gasteiger partial charge in [0.2, 0.25) is 5.91 Å². The second kappa shape index (κ2) is 6.67. The number of rotatable bonds is 4. The molecule has 1 amide bonds. The number of ether oxygens (including phenoxy) is 1. The van der Waals surface area contributed by atoms with Crippen LogP contribution in [0, 0.1) is 5.82 Å². The van der Waals surface area contributed by atoms with Gasteiger partial charge in [0, 0.05) is 32.2 Å². The normalized spacial score (nSPS) is 17.6. The molecule has 20 heavy (non-hydrogen) atoms. The minimum Gasteiger partial charge on any atom is -0.497 e. The van der Waals surface area contributed by atoms with Gasteiger partial charge < -0.3 is 15.4 Å². The van der Waals surface area contributed by atoms with E-state index in [9.17, 15) is 9.18 Å². The van der Waals surface area contributed by atoms with Crippen LogP contribution in [0.4, 0.5) is 10.1 Å². The number of benzene rings is 1. The molecule has 1 aliphatic rings. The molecular formula is C14H20FN3O2. The van der Waals surface area contributed by atoms with Gasteiger partial charge in [-0.05, 0) is 19.1 Å². The summed E-state index contributed by atoms with van der Waals surface area (Å²) in [5.41, 5.74) is 0.149. The molecule has 1 aromatic rings. The number of nitrogens with zero attached hydrogens (tertiary/aromatic N) is 1. The van der Waals surface area contributed by atoms with Gasteiger partial charge >= 0.3 is 0 Å². The summed E-state index contributed by atoms with van der Waals surface area (Å²) < 4.78 is 18.7. The van der Waals surface area contributed by atoms with Crippen LogP contribution in [0.5, 0.6) is 5.75 Å². The lowest BCUT2D eigenvalue weighted by Gasteiger charge is -2.31. The van der Waals surface area contributed by atoms with Gasteiger partial charge in [-0.1, -0.05) is 0 Å². The third kappa shape index (κ3) is 3.46. The fourth-order valence-electron chi connectivity index (χ4n) is 2.20. The highest BCUT2D eigenvalue weighted by Gasteiger charge is 2.23. The fraction of sp³-hybridized carbons (Fsp3) is 0.500. The summed E-state index contributed by atoms with van der Waals surface area (Å²) >= 11 is 0. The lowest BCUT2D eigenvalue weighted by Crippen LogP contribution is -2.51. The van der Waals surface area contributed by atoms with E-state index in [1.54, 1.807) is 0 Å². The Labute approximate surface area is 118 Å². The molecule has 0 radical (unpaired) electrons. The first-order chi connectivity index (χ1) is 9.61. The first-order valence-corrected chi connectivity index (χ1v) is 6.71. The van der Waals surface area contributed by atoms with Crippen molar-refractivity contribution in [2.45, 2.75) is 13.0 Å². The lowest BCUT2D eigenvalue weighted by atomic mass is 10.2. The second-order valence-corrected chi connectivity index (χ2v) is 4.80. The predicted octanol–water partition coefficient (Wildman–Crippen LogP) is 1.07. The van der Waals surface area contributed by atoms with Gasteiger partial charge in [0.05, 0.1) is 18.8 Å². The van der Waals surface area contributed by atoms with Crippen molar-refractivity contribution >= 4 is 11.6 Å². The molecule has 2 N–H and O–H groups in total. The van der Waals surface area contributed by atoms with E-state index in [2.05, 4.69) is 15.5 Å². The first kappa shape index (κ1) is 14.7. The van der Waals surface area contributed by atoms with Gasteiger partial charge in [-0.25, -0.2) is 4.39 Å². The van der Waals surface area contributed by atoms with Crippen molar-refractivity contribution in [3.8, 4) is 5.75 Å². The zero-order valence-electron chi connectivity index (χ0n) is 11.8. The van der Waals surface area contributed by atoms with Crippen LogP contribution in [0.3, 0.4) is 0 Å². The Hall–Kier alpha value is -1.66. The van der Waals surface area contributed by atoms with Crippen molar-refractivity contribution in [2.75, 3.05) is 38.6 Å². The van der Waals surface area contributed by atoms with E-state index in [1.807, 2.05) is 6.92 Å². The molecule has 1 fully saturated rings. The van der Waals surface area contributed by atoms with Gasteiger partial charge in [0.15, 0.2) is 0 Å². The Morgan fingerprint density at radius 3 is 2.80 bits per heavy atom. The molecule has 5 nitrogen and oxygen atoms in total. The summed E-state index contributed by atoms with van der Waals surface area (Å²) in [4.78, 5) is 14.3. The molecule has 6 heteroatoms. The summed E-state index contributed by atoms with van der Waals surface area (Å²) in [6.07, 6.45) is 0. The van der Waals surface area contributed by atoms with E-state index in [-0.39, 0.29) is 17.6 Å². The molecule has 1 saturated heterocycles. The average molecular weight is 281 g/mol. The molecule has 0 bridgehead atoms. The molecule has 0 saturated carbocycles. The monoisotopic (exact) mass is 281 g/mol. The maximum atomic E-state index is 13.7. The van der Waals surface area contributed by atoms with Gasteiger partial charge in [-0.3, -0.25) is 9.69 Å². The van der Waals surface area contributed by atoms with E-state index >= 15 is 0 Å². The molecule has 0 aromatic heterocycles. The van der Waals surface area contributed by atoms with Crippen molar-refractivity contribution in [1.82, 2.24) is 10.2 Å². The number of carbonyl (C=O) groups excluding carboxylic acids is 1. The molecule has 1 unspecified atom stereocenters. The quantitative estimate of drug-likeness (QED) is 0.867. The van der Waals surface area contributed by atoms with Crippen molar-refractivity contribution in [1.29, 1.82) is 0 Å². The number of carbonyl (C=O) groups is 1. The van der Waals surface area contributed by atoms with Crippen molar-refractivity contribution in [2.24, 2.45) is 0 Å². The summed E-state index contributed by atoms with van der Waals surface area (Å²) in [5, 5.41) is 5.86. The Balaban J connectivity index is 2.03. The van der Waals surface area contributed by atoms with E-state index < -0.39 is 5.82 Å². The third-order valence-electron chi connectivity index (χ3n) is 3.51. The summed E-state index contributed by atoms with van der Waals surface area (Å²) in [6.45, 7) is 5.19. The zero-order valence-corrected chi connectivity index (χ0v) is 11.8. The third-order valence-corrected chi connectivity index (χ3v) is 3.51. The number of anilines is 1. The SMILES string of the molecule is COc1ccc(F)c(NC(=O)C(C)N2CCNCC2)c1. The van der Waals surface area contributed by atoms with Crippen molar-refractivity contribution < 1.29 is 13.9 Å². The molecular weight excluding hydrogens is 261 g/mol. The fourth-order valence-corrected chi connectivity index (χ4v) is 2.20. The van der Waals surface area contributed by atoms with Crippen molar-refractivity contribution in [3.63, 3.8) is 0 Å². The number of amides is 1. The van der Waals surface area contributed by atoms with Crippen LogP contribution in [0.2, 0.25) is 0 Å². The lowest BCUT2D eigenvalue weighted by molar-refractivity contribution is -0.121. The maximum absolute atomic E-state index is 13.7. The number of hydrogen-bond donors (Lipinski definition) is 2. The molecule has 2 rings (SSSR count). The van der Waals surface area contributed by atoms with E-state index in [1.165, 1.54) is 25.3 Å². The van der Waals surface area contributed by atoms with Crippen LogP contribution < -0.4 is 15.4 Å². The largest absolute Gasteiger partial charge is 0.497 e. The minimum atomic E-state index is -0.466. The smallest absolute Gasteiger partial charge is 0.241 e. The molecule has 0 aliphatic carbocycles. The first-order valence-electron chi connectivity index (χ1n) is 6.71. The van der Waals surface area contributed by atoms with Gasteiger partial charge in [-0.2, -0.15) is 0 Å². The minimum absolute atomic E-state index is 0.149. The van der Waals surface area contributed by atoms with E-state index in [0.29, 0.717) is 5.75 Å². The van der Waals surface area contributed by atoms with Crippen LogP contribution in [0.15, 0.2) is 18.2 Å². The Morgan fingerprint density at radius 1 is 1.45 bits per heavy atom. The highest BCUT2D eigenvalue weighted by Crippen LogP contribution is 2.21. The van der Waals surface area contributed by atoms with Crippen molar-refractivity contribution in [3.05, 3.63) is 24.0 Å². The topological polar surface area (TPSA) is 53.6 Å². The standard InChI is InChI=1S/C14H20FN3O2/c1-10(18-7-5-16-6-8-18)14(19)17-13-9-11(20-2)3-4-12(13)15/h3-4,9-10,16H,5-8H2,1-2H3,(H,17,19). The van der Waals surface area contributed by atoms with Crippen LogP contribution >= 0.6 is 0 Å². The number of piperazine rings is 1. The highest BCUT2D eigenvalue weighted by atomic mass is 19.1. The molecule has 110 valence electrons. The summed E-state index contributed by atoms with van der Waals surface area (Å²) in [7, 11) is 1.50. The number of nitrogens with one attached hydrogen (secondary N) is 2. The second-order valence-electron chi connectivity index (χ2n) is 4.80. The van der Waals surface area contributed by atoms with Crippen LogP contribution in [0.1, 0.15) is 6.92 Å². The van der Waals surface area contributed by atoms with Crippen LogP contribution in [-0.2, 0) is 4.79 Å². The Morgan fingerprint density at radius 2 is 2.15 bits per heavy atom. The summed E-state index contributed by atoms with van der Waals surface area (Å²) in [5.74, 6) is -0.165. The zero-order chi connectivity index (χ0) is 14.5. The van der Waals surface area contributed by atoms with Gasteiger partial charge in [0.25, 0.3) is 0 Å². The van der Waals surface area contributed by atoms with E-state index in [4.69, 9.17) is 4.74 Å². The Kier molecular flexibility index (Phi) is 4.92. The molecule has 1 heterocycles.